The minimum absolute atomic E-state index is 0.237. The predicted octanol–water partition coefficient (Wildman–Crippen LogP) is 4.70. The molecule has 9 heteroatoms. The fraction of sp³-hybridized carbons (Fsp3) is 0.348. The molecule has 1 aliphatic rings. The lowest BCUT2D eigenvalue weighted by molar-refractivity contribution is 0.0240. The Labute approximate surface area is 196 Å². The Balaban J connectivity index is 1.63. The largest absolute Gasteiger partial charge is 0.444 e. The van der Waals surface area contributed by atoms with Gasteiger partial charge in [-0.25, -0.2) is 17.2 Å². The van der Waals surface area contributed by atoms with E-state index in [1.807, 2.05) is 32.9 Å². The molecule has 1 amide bonds. The van der Waals surface area contributed by atoms with Crippen LogP contribution in [-0.4, -0.2) is 55.2 Å². The van der Waals surface area contributed by atoms with E-state index in [0.717, 1.165) is 11.1 Å². The Morgan fingerprint density at radius 2 is 1.62 bits per heavy atom. The summed E-state index contributed by atoms with van der Waals surface area (Å²) in [5.41, 5.74) is 1.01. The number of ether oxygens (including phenoxy) is 1. The fourth-order valence-electron chi connectivity index (χ4n) is 3.82. The molecule has 0 unspecified atom stereocenters. The summed E-state index contributed by atoms with van der Waals surface area (Å²) < 4.78 is 34.0. The second-order valence-corrected chi connectivity index (χ2v) is 11.4. The highest BCUT2D eigenvalue weighted by molar-refractivity contribution is 9.10. The Morgan fingerprint density at radius 1 is 0.969 bits per heavy atom. The first-order valence-electron chi connectivity index (χ1n) is 10.4. The van der Waals surface area contributed by atoms with Gasteiger partial charge in [0.2, 0.25) is 0 Å². The van der Waals surface area contributed by atoms with Crippen molar-refractivity contribution in [3.63, 3.8) is 0 Å². The lowest BCUT2D eigenvalue weighted by Crippen LogP contribution is -2.50. The minimum Gasteiger partial charge on any atom is -0.444 e. The van der Waals surface area contributed by atoms with Crippen molar-refractivity contribution in [2.45, 2.75) is 31.3 Å². The molecule has 0 N–H and O–H groups in total. The number of carbonyl (C=O) groups excluding carboxylic acids is 1. The van der Waals surface area contributed by atoms with Gasteiger partial charge in [-0.05, 0) is 61.0 Å². The van der Waals surface area contributed by atoms with Gasteiger partial charge in [0.25, 0.3) is 10.0 Å². The number of benzene rings is 2. The molecule has 0 radical (unpaired) electrons. The lowest BCUT2D eigenvalue weighted by Gasteiger charge is -2.37. The quantitative estimate of drug-likeness (QED) is 0.501. The molecule has 170 valence electrons. The molecule has 1 fully saturated rings. The Bertz CT molecular complexity index is 1240. The average molecular weight is 520 g/mol. The normalized spacial score (nSPS) is 15.2. The number of halogens is 1. The minimum atomic E-state index is -3.73. The van der Waals surface area contributed by atoms with Gasteiger partial charge >= 0.3 is 6.09 Å². The molecule has 1 aromatic heterocycles. The monoisotopic (exact) mass is 519 g/mol. The van der Waals surface area contributed by atoms with Crippen molar-refractivity contribution in [2.24, 2.45) is 0 Å². The van der Waals surface area contributed by atoms with E-state index < -0.39 is 15.6 Å². The first-order valence-corrected chi connectivity index (χ1v) is 12.6. The molecule has 0 saturated carbocycles. The van der Waals surface area contributed by atoms with E-state index in [2.05, 4.69) is 20.8 Å². The number of piperazine rings is 1. The molecule has 7 nitrogen and oxygen atoms in total. The Kier molecular flexibility index (Phi) is 5.98. The van der Waals surface area contributed by atoms with E-state index in [4.69, 9.17) is 4.74 Å². The van der Waals surface area contributed by atoms with Crippen LogP contribution in [0.3, 0.4) is 0 Å². The third kappa shape index (κ3) is 4.36. The van der Waals surface area contributed by atoms with Crippen LogP contribution in [0, 0.1) is 0 Å². The number of amides is 1. The van der Waals surface area contributed by atoms with Gasteiger partial charge in [0.15, 0.2) is 0 Å². The summed E-state index contributed by atoms with van der Waals surface area (Å²) in [5.74, 6) is 0. The molecule has 0 aliphatic carbocycles. The number of carbonyl (C=O) groups is 1. The van der Waals surface area contributed by atoms with Gasteiger partial charge in [-0.15, -0.1) is 0 Å². The topological polar surface area (TPSA) is 71.8 Å². The summed E-state index contributed by atoms with van der Waals surface area (Å²) in [7, 11) is -3.73. The highest BCUT2D eigenvalue weighted by atomic mass is 79.9. The molecule has 2 aromatic carbocycles. The Morgan fingerprint density at radius 3 is 2.25 bits per heavy atom. The van der Waals surface area contributed by atoms with Gasteiger partial charge in [0.05, 0.1) is 10.4 Å². The molecular formula is C23H26BrN3O4S. The van der Waals surface area contributed by atoms with Gasteiger partial charge in [-0.1, -0.05) is 24.3 Å². The molecule has 4 rings (SSSR count). The molecule has 3 aromatic rings. The van der Waals surface area contributed by atoms with Crippen LogP contribution in [0.4, 0.5) is 10.5 Å². The van der Waals surface area contributed by atoms with E-state index >= 15 is 0 Å². The standard InChI is InChI=1S/C23H26BrN3O4S/c1-23(2,3)31-22(28)26-14-12-25(13-15-26)19-10-7-11-20-21(19)18(24)16-27(20)32(29,30)17-8-5-4-6-9-17/h4-11,16H,12-15H2,1-3H3. The zero-order chi connectivity index (χ0) is 23.1. The van der Waals surface area contributed by atoms with Crippen LogP contribution in [0.15, 0.2) is 64.1 Å². The van der Waals surface area contributed by atoms with E-state index in [1.165, 1.54) is 3.97 Å². The van der Waals surface area contributed by atoms with Gasteiger partial charge in [0.1, 0.15) is 5.60 Å². The molecule has 0 atom stereocenters. The Hall–Kier alpha value is -2.52. The zero-order valence-electron chi connectivity index (χ0n) is 18.3. The summed E-state index contributed by atoms with van der Waals surface area (Å²) in [4.78, 5) is 16.5. The number of rotatable bonds is 3. The molecule has 1 saturated heterocycles. The van der Waals surface area contributed by atoms with Crippen LogP contribution in [0.2, 0.25) is 0 Å². The van der Waals surface area contributed by atoms with Crippen LogP contribution in [-0.2, 0) is 14.8 Å². The maximum absolute atomic E-state index is 13.3. The van der Waals surface area contributed by atoms with Crippen LogP contribution < -0.4 is 4.90 Å². The number of nitrogens with zero attached hydrogens (tertiary/aromatic N) is 3. The first kappa shape index (κ1) is 22.7. The van der Waals surface area contributed by atoms with E-state index in [-0.39, 0.29) is 11.0 Å². The van der Waals surface area contributed by atoms with Gasteiger partial charge < -0.3 is 14.5 Å². The van der Waals surface area contributed by atoms with Crippen molar-refractivity contribution in [1.82, 2.24) is 8.87 Å². The highest BCUT2D eigenvalue weighted by Gasteiger charge is 2.28. The fourth-order valence-corrected chi connectivity index (χ4v) is 5.95. The van der Waals surface area contributed by atoms with Crippen LogP contribution in [0.25, 0.3) is 10.9 Å². The number of hydrogen-bond acceptors (Lipinski definition) is 5. The summed E-state index contributed by atoms with van der Waals surface area (Å²) in [5, 5.41) is 0.831. The van der Waals surface area contributed by atoms with Crippen molar-refractivity contribution in [3.05, 3.63) is 59.2 Å². The van der Waals surface area contributed by atoms with Gasteiger partial charge in [0, 0.05) is 47.9 Å². The predicted molar refractivity (Wildman–Crippen MR) is 129 cm³/mol. The number of hydrogen-bond donors (Lipinski definition) is 0. The van der Waals surface area contributed by atoms with E-state index in [9.17, 15) is 13.2 Å². The van der Waals surface area contributed by atoms with Gasteiger partial charge in [-0.3, -0.25) is 0 Å². The second-order valence-electron chi connectivity index (χ2n) is 8.72. The third-order valence-electron chi connectivity index (χ3n) is 5.30. The summed E-state index contributed by atoms with van der Waals surface area (Å²) in [6, 6.07) is 14.0. The molecule has 0 bridgehead atoms. The van der Waals surface area contributed by atoms with Crippen molar-refractivity contribution in [3.8, 4) is 0 Å². The van der Waals surface area contributed by atoms with Gasteiger partial charge in [-0.2, -0.15) is 0 Å². The van der Waals surface area contributed by atoms with E-state index in [1.54, 1.807) is 47.5 Å². The van der Waals surface area contributed by atoms with Crippen molar-refractivity contribution in [1.29, 1.82) is 0 Å². The van der Waals surface area contributed by atoms with Crippen molar-refractivity contribution in [2.75, 3.05) is 31.1 Å². The average Bonchev–Trinajstić information content (AvgIpc) is 3.11. The number of fused-ring (bicyclic) bond motifs is 1. The summed E-state index contributed by atoms with van der Waals surface area (Å²) in [6.07, 6.45) is 1.30. The molecule has 0 spiro atoms. The maximum atomic E-state index is 13.3. The molecule has 2 heterocycles. The first-order chi connectivity index (χ1) is 15.1. The van der Waals surface area contributed by atoms with Crippen LogP contribution >= 0.6 is 15.9 Å². The highest BCUT2D eigenvalue weighted by Crippen LogP contribution is 2.37. The smallest absolute Gasteiger partial charge is 0.410 e. The summed E-state index contributed by atoms with van der Waals surface area (Å²) in [6.45, 7) is 7.88. The molecule has 32 heavy (non-hydrogen) atoms. The van der Waals surface area contributed by atoms with Crippen molar-refractivity contribution >= 4 is 48.6 Å². The lowest BCUT2D eigenvalue weighted by atomic mass is 10.1. The number of aromatic nitrogens is 1. The molecule has 1 aliphatic heterocycles. The summed E-state index contributed by atoms with van der Waals surface area (Å²) >= 11 is 3.57. The van der Waals surface area contributed by atoms with E-state index in [0.29, 0.717) is 36.2 Å². The SMILES string of the molecule is CC(C)(C)OC(=O)N1CCN(c2cccc3c2c(Br)cn3S(=O)(=O)c2ccccc2)CC1. The number of anilines is 1. The van der Waals surface area contributed by atoms with Crippen LogP contribution in [0.5, 0.6) is 0 Å². The third-order valence-corrected chi connectivity index (χ3v) is 7.59. The van der Waals surface area contributed by atoms with Crippen molar-refractivity contribution < 1.29 is 17.9 Å². The second kappa shape index (κ2) is 8.44. The molecular weight excluding hydrogens is 494 g/mol. The maximum Gasteiger partial charge on any atom is 0.410 e. The van der Waals surface area contributed by atoms with Crippen LogP contribution in [0.1, 0.15) is 20.8 Å². The zero-order valence-corrected chi connectivity index (χ0v) is 20.7.